The molecule has 0 spiro atoms. The lowest BCUT2D eigenvalue weighted by Crippen LogP contribution is -2.12. The molecule has 0 atom stereocenters. The Bertz CT molecular complexity index is 635. The highest BCUT2D eigenvalue weighted by Crippen LogP contribution is 2.25. The van der Waals surface area contributed by atoms with E-state index in [0.29, 0.717) is 11.4 Å². The van der Waals surface area contributed by atoms with Crippen LogP contribution in [0.1, 0.15) is 4.88 Å². The average Bonchev–Trinajstić information content (AvgIpc) is 2.69. The molecule has 0 unspecified atom stereocenters. The van der Waals surface area contributed by atoms with E-state index < -0.39 is 10.0 Å². The molecule has 3 N–H and O–H groups in total. The Labute approximate surface area is 103 Å². The molecular weight excluding hydrogens is 258 g/mol. The van der Waals surface area contributed by atoms with Crippen molar-refractivity contribution < 1.29 is 8.42 Å². The first kappa shape index (κ1) is 11.9. The van der Waals surface area contributed by atoms with Gasteiger partial charge in [-0.1, -0.05) is 0 Å². The van der Waals surface area contributed by atoms with Gasteiger partial charge in [-0.2, -0.15) is 0 Å². The Balaban J connectivity index is 2.33. The maximum absolute atomic E-state index is 12.0. The molecule has 0 aliphatic carbocycles. The van der Waals surface area contributed by atoms with E-state index in [0.717, 1.165) is 4.88 Å². The van der Waals surface area contributed by atoms with E-state index in [1.807, 2.05) is 6.92 Å². The Morgan fingerprint density at radius 2 is 2.12 bits per heavy atom. The van der Waals surface area contributed by atoms with E-state index in [1.54, 1.807) is 12.1 Å². The Morgan fingerprint density at radius 3 is 2.71 bits per heavy atom. The van der Waals surface area contributed by atoms with Gasteiger partial charge in [-0.25, -0.2) is 8.42 Å². The van der Waals surface area contributed by atoms with Gasteiger partial charge in [0.1, 0.15) is 4.21 Å². The van der Waals surface area contributed by atoms with Gasteiger partial charge in [0, 0.05) is 11.1 Å². The van der Waals surface area contributed by atoms with E-state index in [2.05, 4.69) is 9.71 Å². The standard InChI is InChI=1S/C10H11N3O2S2/c1-7-2-3-10(16-7)17(14,15)13-9-4-5-12-6-8(9)11/h2-6H,11H2,1H3,(H,12,13). The molecule has 5 nitrogen and oxygen atoms in total. The van der Waals surface area contributed by atoms with Crippen molar-refractivity contribution in [1.82, 2.24) is 4.98 Å². The van der Waals surface area contributed by atoms with Crippen LogP contribution < -0.4 is 10.5 Å². The van der Waals surface area contributed by atoms with Gasteiger partial charge in [0.05, 0.1) is 17.6 Å². The molecule has 0 saturated heterocycles. The highest BCUT2D eigenvalue weighted by atomic mass is 32.2. The van der Waals surface area contributed by atoms with Crippen molar-refractivity contribution in [3.05, 3.63) is 35.5 Å². The fraction of sp³-hybridized carbons (Fsp3) is 0.100. The maximum atomic E-state index is 12.0. The third-order valence-corrected chi connectivity index (χ3v) is 4.93. The number of hydrogen-bond donors (Lipinski definition) is 2. The Morgan fingerprint density at radius 1 is 1.35 bits per heavy atom. The van der Waals surface area contributed by atoms with Gasteiger partial charge in [0.15, 0.2) is 0 Å². The van der Waals surface area contributed by atoms with Crippen molar-refractivity contribution in [3.8, 4) is 0 Å². The zero-order chi connectivity index (χ0) is 12.5. The summed E-state index contributed by atoms with van der Waals surface area (Å²) in [6.07, 6.45) is 2.88. The number of sulfonamides is 1. The molecular formula is C10H11N3O2S2. The zero-order valence-electron chi connectivity index (χ0n) is 9.04. The first-order valence-corrected chi connectivity index (χ1v) is 7.08. The van der Waals surface area contributed by atoms with Gasteiger partial charge < -0.3 is 5.73 Å². The number of nitrogens with one attached hydrogen (secondary N) is 1. The predicted molar refractivity (Wildman–Crippen MR) is 68.5 cm³/mol. The molecule has 7 heteroatoms. The van der Waals surface area contributed by atoms with Crippen molar-refractivity contribution >= 4 is 32.7 Å². The van der Waals surface area contributed by atoms with Gasteiger partial charge >= 0.3 is 0 Å². The lowest BCUT2D eigenvalue weighted by Gasteiger charge is -2.07. The monoisotopic (exact) mass is 269 g/mol. The summed E-state index contributed by atoms with van der Waals surface area (Å²) in [4.78, 5) is 4.73. The van der Waals surface area contributed by atoms with Crippen LogP contribution in [0.4, 0.5) is 11.4 Å². The summed E-state index contributed by atoms with van der Waals surface area (Å²) < 4.78 is 26.7. The lowest BCUT2D eigenvalue weighted by atomic mass is 10.4. The second kappa shape index (κ2) is 4.34. The van der Waals surface area contributed by atoms with Crippen LogP contribution in [0.15, 0.2) is 34.8 Å². The second-order valence-corrected chi connectivity index (χ2v) is 6.63. The highest BCUT2D eigenvalue weighted by Gasteiger charge is 2.17. The molecule has 0 aromatic carbocycles. The number of pyridine rings is 1. The molecule has 0 aliphatic rings. The first-order valence-electron chi connectivity index (χ1n) is 4.78. The maximum Gasteiger partial charge on any atom is 0.271 e. The minimum atomic E-state index is -3.55. The minimum Gasteiger partial charge on any atom is -0.396 e. The summed E-state index contributed by atoms with van der Waals surface area (Å²) in [5.41, 5.74) is 6.26. The lowest BCUT2D eigenvalue weighted by molar-refractivity contribution is 0.603. The van der Waals surface area contributed by atoms with Crippen molar-refractivity contribution in [1.29, 1.82) is 0 Å². The largest absolute Gasteiger partial charge is 0.396 e. The number of aryl methyl sites for hydroxylation is 1. The zero-order valence-corrected chi connectivity index (χ0v) is 10.7. The summed E-state index contributed by atoms with van der Waals surface area (Å²) >= 11 is 1.21. The molecule has 90 valence electrons. The smallest absolute Gasteiger partial charge is 0.271 e. The van der Waals surface area contributed by atoms with Crippen molar-refractivity contribution in [3.63, 3.8) is 0 Å². The van der Waals surface area contributed by atoms with E-state index in [-0.39, 0.29) is 4.21 Å². The average molecular weight is 269 g/mol. The molecule has 0 fully saturated rings. The topological polar surface area (TPSA) is 85.1 Å². The van der Waals surface area contributed by atoms with E-state index >= 15 is 0 Å². The van der Waals surface area contributed by atoms with Crippen molar-refractivity contribution in [2.75, 3.05) is 10.5 Å². The summed E-state index contributed by atoms with van der Waals surface area (Å²) in [6, 6.07) is 4.85. The number of nitrogen functional groups attached to an aromatic ring is 1. The molecule has 2 aromatic heterocycles. The summed E-state index contributed by atoms with van der Waals surface area (Å²) in [5, 5.41) is 0. The number of anilines is 2. The number of nitrogens with zero attached hydrogens (tertiary/aromatic N) is 1. The molecule has 2 heterocycles. The molecule has 17 heavy (non-hydrogen) atoms. The summed E-state index contributed by atoms with van der Waals surface area (Å²) in [5.74, 6) is 0. The first-order chi connectivity index (χ1) is 7.99. The number of thiophene rings is 1. The van der Waals surface area contributed by atoms with Crippen LogP contribution in [0.2, 0.25) is 0 Å². The van der Waals surface area contributed by atoms with Gasteiger partial charge in [-0.3, -0.25) is 9.71 Å². The second-order valence-electron chi connectivity index (χ2n) is 3.43. The summed E-state index contributed by atoms with van der Waals surface area (Å²) in [7, 11) is -3.55. The van der Waals surface area contributed by atoms with Crippen LogP contribution in [0.5, 0.6) is 0 Å². The normalized spacial score (nSPS) is 11.4. The molecule has 0 amide bonds. The van der Waals surface area contributed by atoms with E-state index in [9.17, 15) is 8.42 Å². The fourth-order valence-electron chi connectivity index (χ4n) is 1.25. The quantitative estimate of drug-likeness (QED) is 0.890. The van der Waals surface area contributed by atoms with Crippen LogP contribution in [0.25, 0.3) is 0 Å². The van der Waals surface area contributed by atoms with Crippen molar-refractivity contribution in [2.24, 2.45) is 0 Å². The van der Waals surface area contributed by atoms with Crippen LogP contribution >= 0.6 is 11.3 Å². The number of hydrogen-bond acceptors (Lipinski definition) is 5. The third kappa shape index (κ3) is 2.56. The molecule has 0 radical (unpaired) electrons. The summed E-state index contributed by atoms with van der Waals surface area (Å²) in [6.45, 7) is 1.85. The number of nitrogens with two attached hydrogens (primary N) is 1. The van der Waals surface area contributed by atoms with Gasteiger partial charge in [0.25, 0.3) is 10.0 Å². The Kier molecular flexibility index (Phi) is 3.03. The minimum absolute atomic E-state index is 0.270. The highest BCUT2D eigenvalue weighted by molar-refractivity contribution is 7.94. The molecule has 0 aliphatic heterocycles. The number of rotatable bonds is 3. The SMILES string of the molecule is Cc1ccc(S(=O)(=O)Nc2ccncc2N)s1. The van der Waals surface area contributed by atoms with Crippen LogP contribution in [0.3, 0.4) is 0 Å². The Hall–Kier alpha value is -1.60. The molecule has 0 bridgehead atoms. The fourth-order valence-corrected chi connectivity index (χ4v) is 3.62. The molecule has 2 rings (SSSR count). The third-order valence-electron chi connectivity index (χ3n) is 2.08. The molecule has 0 saturated carbocycles. The predicted octanol–water partition coefficient (Wildman–Crippen LogP) is 1.83. The van der Waals surface area contributed by atoms with E-state index in [4.69, 9.17) is 5.73 Å². The van der Waals surface area contributed by atoms with Gasteiger partial charge in [-0.15, -0.1) is 11.3 Å². The van der Waals surface area contributed by atoms with Gasteiger partial charge in [-0.05, 0) is 25.1 Å². The van der Waals surface area contributed by atoms with Crippen LogP contribution in [0, 0.1) is 6.92 Å². The molecule has 2 aromatic rings. The number of aromatic nitrogens is 1. The van der Waals surface area contributed by atoms with E-state index in [1.165, 1.54) is 29.8 Å². The van der Waals surface area contributed by atoms with Gasteiger partial charge in [0.2, 0.25) is 0 Å². The van der Waals surface area contributed by atoms with Crippen molar-refractivity contribution in [2.45, 2.75) is 11.1 Å². The van der Waals surface area contributed by atoms with Crippen LogP contribution in [-0.2, 0) is 10.0 Å². The van der Waals surface area contributed by atoms with Crippen LogP contribution in [-0.4, -0.2) is 13.4 Å².